The second-order valence-electron chi connectivity index (χ2n) is 9.08. The molecule has 3 atom stereocenters. The number of carbonyl (C=O) groups excluding carboxylic acids is 4. The molecular formula is C23H35N3O10. The van der Waals surface area contributed by atoms with Gasteiger partial charge in [0, 0.05) is 31.8 Å². The number of amides is 4. The predicted molar refractivity (Wildman–Crippen MR) is 123 cm³/mol. The number of carbonyl (C=O) groups is 5. The van der Waals surface area contributed by atoms with E-state index in [1.807, 2.05) is 6.08 Å². The summed E-state index contributed by atoms with van der Waals surface area (Å²) in [6.45, 7) is 1.90. The van der Waals surface area contributed by atoms with Crippen molar-refractivity contribution >= 4 is 29.8 Å². The Morgan fingerprint density at radius 1 is 1.22 bits per heavy atom. The number of hydrogen-bond donors (Lipinski definition) is 3. The van der Waals surface area contributed by atoms with Gasteiger partial charge >= 0.3 is 12.1 Å². The van der Waals surface area contributed by atoms with Crippen molar-refractivity contribution in [3.05, 3.63) is 12.2 Å². The Balaban J connectivity index is 1.78. The standard InChI is InChI=1S/C23H35N3O10/c1-23(21(32)36-26-18(28)6-7-19(26)29)10-4-3-5-16(8-11-23)35-22(33)25(2)15-17(27)24-12-14-34-13-9-20(30)31/h3,5,16,21,32H,4,6-15H2,1-2H3,(H,24,27)(H,30,31)/b5-3+/t16-,21?,23+/m1/s1. The van der Waals surface area contributed by atoms with Crippen LogP contribution in [0, 0.1) is 5.41 Å². The lowest BCUT2D eigenvalue weighted by Gasteiger charge is -2.36. The van der Waals surface area contributed by atoms with Crippen LogP contribution in [-0.4, -0.2) is 95.7 Å². The lowest BCUT2D eigenvalue weighted by molar-refractivity contribution is -0.278. The van der Waals surface area contributed by atoms with Gasteiger partial charge in [0.15, 0.2) is 6.29 Å². The van der Waals surface area contributed by atoms with E-state index in [9.17, 15) is 29.1 Å². The van der Waals surface area contributed by atoms with Gasteiger partial charge in [0.1, 0.15) is 12.6 Å². The normalized spacial score (nSPS) is 24.0. The van der Waals surface area contributed by atoms with Crippen LogP contribution in [0.5, 0.6) is 0 Å². The molecule has 2 aliphatic rings. The molecule has 1 saturated heterocycles. The number of rotatable bonds is 12. The number of carboxylic acid groups (broad SMARTS) is 1. The second-order valence-corrected chi connectivity index (χ2v) is 9.08. The first-order valence-electron chi connectivity index (χ1n) is 11.9. The molecule has 4 amide bonds. The van der Waals surface area contributed by atoms with Gasteiger partial charge in [0.2, 0.25) is 5.91 Å². The SMILES string of the molecule is CN(CC(=O)NCCOCCC(=O)O)C(=O)O[C@@H]1/C=C/CC[C@](C)(C(O)ON2C(=O)CCC2=O)CC1. The quantitative estimate of drug-likeness (QED) is 0.145. The maximum atomic E-state index is 12.5. The number of likely N-dealkylation sites (N-methyl/N-ethyl adjacent to an activating group) is 1. The molecule has 0 aromatic rings. The molecule has 0 bridgehead atoms. The highest BCUT2D eigenvalue weighted by Gasteiger charge is 2.40. The largest absolute Gasteiger partial charge is 0.481 e. The zero-order chi connectivity index (χ0) is 26.7. The number of imide groups is 1. The first-order chi connectivity index (χ1) is 17.0. The van der Waals surface area contributed by atoms with E-state index in [1.165, 1.54) is 7.05 Å². The van der Waals surface area contributed by atoms with Crippen molar-refractivity contribution in [2.75, 3.05) is 33.4 Å². The van der Waals surface area contributed by atoms with E-state index in [4.69, 9.17) is 19.4 Å². The second kappa shape index (κ2) is 13.9. The molecule has 0 spiro atoms. The van der Waals surface area contributed by atoms with Crippen molar-refractivity contribution in [2.24, 2.45) is 5.41 Å². The van der Waals surface area contributed by atoms with Crippen LogP contribution in [0.3, 0.4) is 0 Å². The number of aliphatic hydroxyl groups excluding tert-OH is 1. The molecule has 0 aromatic carbocycles. The highest BCUT2D eigenvalue weighted by Crippen LogP contribution is 2.37. The average Bonchev–Trinajstić information content (AvgIpc) is 3.12. The van der Waals surface area contributed by atoms with Crippen molar-refractivity contribution < 1.29 is 48.5 Å². The molecule has 13 nitrogen and oxygen atoms in total. The number of ether oxygens (including phenoxy) is 2. The van der Waals surface area contributed by atoms with Crippen LogP contribution in [0.25, 0.3) is 0 Å². The Labute approximate surface area is 209 Å². The van der Waals surface area contributed by atoms with Crippen LogP contribution in [0.2, 0.25) is 0 Å². The molecule has 1 unspecified atom stereocenters. The Bertz CT molecular complexity index is 832. The maximum Gasteiger partial charge on any atom is 0.410 e. The van der Waals surface area contributed by atoms with Crippen LogP contribution in [-0.2, 0) is 33.5 Å². The van der Waals surface area contributed by atoms with Crippen molar-refractivity contribution in [1.29, 1.82) is 0 Å². The molecule has 1 fully saturated rings. The molecule has 1 aliphatic carbocycles. The van der Waals surface area contributed by atoms with Crippen molar-refractivity contribution in [2.45, 2.75) is 64.3 Å². The van der Waals surface area contributed by atoms with Gasteiger partial charge in [0.25, 0.3) is 11.8 Å². The molecular weight excluding hydrogens is 478 g/mol. The summed E-state index contributed by atoms with van der Waals surface area (Å²) in [5, 5.41) is 22.4. The number of aliphatic hydroxyl groups is 1. The van der Waals surface area contributed by atoms with Crippen LogP contribution in [0.15, 0.2) is 12.2 Å². The van der Waals surface area contributed by atoms with Gasteiger partial charge in [-0.3, -0.25) is 19.2 Å². The first-order valence-corrected chi connectivity index (χ1v) is 11.9. The molecule has 3 N–H and O–H groups in total. The van der Waals surface area contributed by atoms with E-state index in [1.54, 1.807) is 13.0 Å². The summed E-state index contributed by atoms with van der Waals surface area (Å²) in [5.41, 5.74) is -0.795. The van der Waals surface area contributed by atoms with E-state index in [2.05, 4.69) is 5.32 Å². The van der Waals surface area contributed by atoms with Crippen LogP contribution < -0.4 is 5.32 Å². The lowest BCUT2D eigenvalue weighted by atomic mass is 9.78. The van der Waals surface area contributed by atoms with E-state index < -0.39 is 47.6 Å². The van der Waals surface area contributed by atoms with Gasteiger partial charge in [-0.2, -0.15) is 5.06 Å². The molecule has 36 heavy (non-hydrogen) atoms. The third kappa shape index (κ3) is 9.21. The monoisotopic (exact) mass is 513 g/mol. The molecule has 1 heterocycles. The van der Waals surface area contributed by atoms with E-state index in [0.29, 0.717) is 30.7 Å². The maximum absolute atomic E-state index is 12.5. The third-order valence-corrected chi connectivity index (χ3v) is 6.01. The Morgan fingerprint density at radius 3 is 2.58 bits per heavy atom. The van der Waals surface area contributed by atoms with Crippen LogP contribution in [0.4, 0.5) is 4.79 Å². The summed E-state index contributed by atoms with van der Waals surface area (Å²) < 4.78 is 10.6. The van der Waals surface area contributed by atoms with Gasteiger partial charge in [-0.25, -0.2) is 9.63 Å². The molecule has 202 valence electrons. The summed E-state index contributed by atoms with van der Waals surface area (Å²) in [6.07, 6.45) is 2.68. The lowest BCUT2D eigenvalue weighted by Crippen LogP contribution is -2.43. The number of aliphatic carboxylic acids is 1. The molecule has 0 aromatic heterocycles. The molecule has 13 heteroatoms. The van der Waals surface area contributed by atoms with Gasteiger partial charge in [0.05, 0.1) is 19.6 Å². The summed E-state index contributed by atoms with van der Waals surface area (Å²) in [7, 11) is 1.42. The minimum atomic E-state index is -1.40. The summed E-state index contributed by atoms with van der Waals surface area (Å²) in [4.78, 5) is 64.9. The zero-order valence-corrected chi connectivity index (χ0v) is 20.6. The molecule has 1 aliphatic heterocycles. The van der Waals surface area contributed by atoms with Crippen molar-refractivity contribution in [3.63, 3.8) is 0 Å². The Kier molecular flexibility index (Phi) is 11.3. The fourth-order valence-electron chi connectivity index (χ4n) is 3.68. The van der Waals surface area contributed by atoms with Gasteiger partial charge in [-0.05, 0) is 31.8 Å². The number of allylic oxidation sites excluding steroid dienone is 1. The summed E-state index contributed by atoms with van der Waals surface area (Å²) in [6, 6.07) is 0. The minimum absolute atomic E-state index is 0.0447. The number of nitrogens with one attached hydrogen (secondary N) is 1. The van der Waals surface area contributed by atoms with E-state index in [-0.39, 0.29) is 45.6 Å². The van der Waals surface area contributed by atoms with Crippen LogP contribution >= 0.6 is 0 Å². The minimum Gasteiger partial charge on any atom is -0.481 e. The topological polar surface area (TPSA) is 172 Å². The predicted octanol–water partition coefficient (Wildman–Crippen LogP) is 0.566. The average molecular weight is 514 g/mol. The molecule has 0 saturated carbocycles. The highest BCUT2D eigenvalue weighted by molar-refractivity contribution is 6.00. The number of nitrogens with zero attached hydrogens (tertiary/aromatic N) is 2. The van der Waals surface area contributed by atoms with Gasteiger partial charge in [-0.1, -0.05) is 13.0 Å². The Morgan fingerprint density at radius 2 is 1.92 bits per heavy atom. The fraction of sp³-hybridized carbons (Fsp3) is 0.696. The zero-order valence-electron chi connectivity index (χ0n) is 20.6. The highest BCUT2D eigenvalue weighted by atomic mass is 16.8. The summed E-state index contributed by atoms with van der Waals surface area (Å²) >= 11 is 0. The van der Waals surface area contributed by atoms with Crippen molar-refractivity contribution in [1.82, 2.24) is 15.3 Å². The first kappa shape index (κ1) is 29.2. The number of hydrogen-bond acceptors (Lipinski definition) is 9. The molecule has 0 radical (unpaired) electrons. The van der Waals surface area contributed by atoms with E-state index >= 15 is 0 Å². The number of carboxylic acids is 1. The Hall–Kier alpha value is -3.03. The number of hydroxylamine groups is 2. The van der Waals surface area contributed by atoms with Gasteiger partial charge < -0.3 is 29.9 Å². The van der Waals surface area contributed by atoms with Crippen LogP contribution in [0.1, 0.15) is 51.9 Å². The van der Waals surface area contributed by atoms with Crippen molar-refractivity contribution in [3.8, 4) is 0 Å². The van der Waals surface area contributed by atoms with Gasteiger partial charge in [-0.15, -0.1) is 0 Å². The summed E-state index contributed by atoms with van der Waals surface area (Å²) in [5.74, 6) is -2.37. The van der Waals surface area contributed by atoms with E-state index in [0.717, 1.165) is 4.90 Å². The third-order valence-electron chi connectivity index (χ3n) is 6.01. The smallest absolute Gasteiger partial charge is 0.410 e. The molecule has 2 rings (SSSR count). The fourth-order valence-corrected chi connectivity index (χ4v) is 3.68.